The summed E-state index contributed by atoms with van der Waals surface area (Å²) in [5.74, 6) is 0.931. The van der Waals surface area contributed by atoms with E-state index >= 15 is 0 Å². The van der Waals surface area contributed by atoms with Crippen LogP contribution in [-0.4, -0.2) is 47.5 Å². The van der Waals surface area contributed by atoms with Gasteiger partial charge in [-0.05, 0) is 45.2 Å². The molecule has 1 atom stereocenters. The number of carbonyl (C=O) groups excluding carboxylic acids is 1. The zero-order valence-electron chi connectivity index (χ0n) is 16.4. The van der Waals surface area contributed by atoms with Crippen LogP contribution < -0.4 is 16.0 Å². The van der Waals surface area contributed by atoms with Crippen molar-refractivity contribution >= 4 is 17.6 Å². The van der Waals surface area contributed by atoms with Crippen LogP contribution >= 0.6 is 0 Å². The van der Waals surface area contributed by atoms with Gasteiger partial charge in [0.25, 0.3) is 0 Å². The Hall–Kier alpha value is -2.08. The van der Waals surface area contributed by atoms with Crippen LogP contribution in [0.1, 0.15) is 46.1 Å². The van der Waals surface area contributed by atoms with E-state index in [0.29, 0.717) is 13.1 Å². The molecular formula is C20H31N5O. The molecule has 26 heavy (non-hydrogen) atoms. The number of aliphatic imine (C=N–C) groups is 1. The highest BCUT2D eigenvalue weighted by Crippen LogP contribution is 2.30. The third kappa shape index (κ3) is 4.01. The molecule has 2 amide bonds. The van der Waals surface area contributed by atoms with Gasteiger partial charge < -0.3 is 15.5 Å². The van der Waals surface area contributed by atoms with Crippen molar-refractivity contribution in [2.45, 2.75) is 58.2 Å². The highest BCUT2D eigenvalue weighted by Gasteiger charge is 2.45. The Balaban J connectivity index is 1.89. The van der Waals surface area contributed by atoms with Crippen LogP contribution in [0.15, 0.2) is 29.3 Å². The topological polar surface area (TPSA) is 68.8 Å². The summed E-state index contributed by atoms with van der Waals surface area (Å²) >= 11 is 0. The molecule has 0 unspecified atom stereocenters. The zero-order valence-corrected chi connectivity index (χ0v) is 16.4. The van der Waals surface area contributed by atoms with E-state index in [9.17, 15) is 4.79 Å². The van der Waals surface area contributed by atoms with Gasteiger partial charge in [0.15, 0.2) is 0 Å². The fraction of sp³-hybridized carbons (Fsp3) is 0.600. The predicted octanol–water partition coefficient (Wildman–Crippen LogP) is 2.96. The maximum absolute atomic E-state index is 12.5. The number of urea groups is 1. The summed E-state index contributed by atoms with van der Waals surface area (Å²) in [4.78, 5) is 19.4. The maximum atomic E-state index is 12.5. The van der Waals surface area contributed by atoms with E-state index in [1.165, 1.54) is 5.56 Å². The second-order valence-corrected chi connectivity index (χ2v) is 8.25. The summed E-state index contributed by atoms with van der Waals surface area (Å²) in [5.41, 5.74) is 1.78. The van der Waals surface area contributed by atoms with Crippen molar-refractivity contribution in [2.24, 2.45) is 4.99 Å². The lowest BCUT2D eigenvalue weighted by molar-refractivity contribution is 0.206. The summed E-state index contributed by atoms with van der Waals surface area (Å²) in [6.07, 6.45) is 1.79. The number of nitrogens with one attached hydrogen (secondary N) is 3. The van der Waals surface area contributed by atoms with E-state index < -0.39 is 0 Å². The summed E-state index contributed by atoms with van der Waals surface area (Å²) in [7, 11) is 0. The Morgan fingerprint density at radius 2 is 2.12 bits per heavy atom. The first-order valence-corrected chi connectivity index (χ1v) is 9.56. The van der Waals surface area contributed by atoms with Gasteiger partial charge in [-0.1, -0.05) is 25.1 Å². The lowest BCUT2D eigenvalue weighted by Crippen LogP contribution is -2.56. The van der Waals surface area contributed by atoms with Crippen molar-refractivity contribution < 1.29 is 4.79 Å². The van der Waals surface area contributed by atoms with E-state index in [4.69, 9.17) is 4.99 Å². The molecule has 3 rings (SSSR count). The fourth-order valence-corrected chi connectivity index (χ4v) is 3.53. The number of hydrogen-bond acceptors (Lipinski definition) is 3. The van der Waals surface area contributed by atoms with Crippen molar-refractivity contribution in [3.05, 3.63) is 29.8 Å². The van der Waals surface area contributed by atoms with Crippen molar-refractivity contribution in [1.29, 1.82) is 0 Å². The highest BCUT2D eigenvalue weighted by atomic mass is 16.2. The van der Waals surface area contributed by atoms with Gasteiger partial charge in [0.2, 0.25) is 0 Å². The Morgan fingerprint density at radius 1 is 1.35 bits per heavy atom. The van der Waals surface area contributed by atoms with Gasteiger partial charge in [-0.3, -0.25) is 10.3 Å². The normalized spacial score (nSPS) is 24.3. The Morgan fingerprint density at radius 3 is 2.85 bits per heavy atom. The molecule has 0 aromatic heterocycles. The SMILES string of the molecule is CCCNC(=O)N1CC[C@@]2(C1)NCc1ccccc1NC2=NC(C)(C)C. The van der Waals surface area contributed by atoms with E-state index in [2.05, 4.69) is 61.8 Å². The molecule has 1 aromatic rings. The molecule has 6 heteroatoms. The number of fused-ring (bicyclic) bond motifs is 1. The van der Waals surface area contributed by atoms with Gasteiger partial charge in [-0.2, -0.15) is 0 Å². The minimum atomic E-state index is -0.337. The average molecular weight is 358 g/mol. The van der Waals surface area contributed by atoms with E-state index in [-0.39, 0.29) is 17.1 Å². The molecule has 1 saturated heterocycles. The first kappa shape index (κ1) is 18.7. The molecule has 0 aliphatic carbocycles. The van der Waals surface area contributed by atoms with Crippen LogP contribution in [0.4, 0.5) is 10.5 Å². The number of benzene rings is 1. The van der Waals surface area contributed by atoms with Gasteiger partial charge in [0.05, 0.1) is 11.1 Å². The second kappa shape index (κ2) is 7.27. The number of nitrogens with zero attached hydrogens (tertiary/aromatic N) is 2. The Kier molecular flexibility index (Phi) is 5.23. The molecule has 6 nitrogen and oxygen atoms in total. The molecule has 142 valence electrons. The standard InChI is InChI=1S/C20H31N5O/c1-5-11-21-18(26)25-12-10-20(14-25)17(24-19(2,3)4)23-16-9-7-6-8-15(16)13-22-20/h6-9,22H,5,10-14H2,1-4H3,(H,21,26)(H,23,24)/t20-/m0/s1. The van der Waals surface area contributed by atoms with E-state index in [1.54, 1.807) is 0 Å². The van der Waals surface area contributed by atoms with Crippen molar-refractivity contribution in [1.82, 2.24) is 15.5 Å². The minimum Gasteiger partial charge on any atom is -0.342 e. The molecular weight excluding hydrogens is 326 g/mol. The lowest BCUT2D eigenvalue weighted by atomic mass is 9.95. The predicted molar refractivity (Wildman–Crippen MR) is 107 cm³/mol. The van der Waals surface area contributed by atoms with Crippen LogP contribution in [0.25, 0.3) is 0 Å². The van der Waals surface area contributed by atoms with Gasteiger partial charge in [-0.15, -0.1) is 0 Å². The van der Waals surface area contributed by atoms with Crippen LogP contribution in [0.3, 0.4) is 0 Å². The largest absolute Gasteiger partial charge is 0.342 e. The Labute approximate surface area is 156 Å². The zero-order chi connectivity index (χ0) is 18.8. The number of amides is 2. The first-order valence-electron chi connectivity index (χ1n) is 9.56. The number of hydrogen-bond donors (Lipinski definition) is 3. The maximum Gasteiger partial charge on any atom is 0.317 e. The molecule has 2 heterocycles. The minimum absolute atomic E-state index is 0.0161. The molecule has 0 bridgehead atoms. The van der Waals surface area contributed by atoms with E-state index in [0.717, 1.165) is 37.5 Å². The van der Waals surface area contributed by atoms with Crippen molar-refractivity contribution in [3.8, 4) is 0 Å². The van der Waals surface area contributed by atoms with Gasteiger partial charge in [-0.25, -0.2) is 4.79 Å². The molecule has 2 aliphatic rings. The van der Waals surface area contributed by atoms with Crippen molar-refractivity contribution in [2.75, 3.05) is 25.0 Å². The number of likely N-dealkylation sites (tertiary alicyclic amines) is 1. The molecule has 0 radical (unpaired) electrons. The monoisotopic (exact) mass is 357 g/mol. The summed E-state index contributed by atoms with van der Waals surface area (Å²) in [6, 6.07) is 8.33. The smallest absolute Gasteiger partial charge is 0.317 e. The molecule has 3 N–H and O–H groups in total. The first-order chi connectivity index (χ1) is 12.3. The molecule has 1 aromatic carbocycles. The third-order valence-electron chi connectivity index (χ3n) is 4.87. The van der Waals surface area contributed by atoms with Gasteiger partial charge >= 0.3 is 6.03 Å². The van der Waals surface area contributed by atoms with Crippen LogP contribution in [0.2, 0.25) is 0 Å². The number of rotatable bonds is 2. The third-order valence-corrected chi connectivity index (χ3v) is 4.87. The van der Waals surface area contributed by atoms with Gasteiger partial charge in [0.1, 0.15) is 5.84 Å². The number of amidine groups is 1. The van der Waals surface area contributed by atoms with E-state index in [1.807, 2.05) is 11.0 Å². The van der Waals surface area contributed by atoms with Gasteiger partial charge in [0, 0.05) is 31.9 Å². The second-order valence-electron chi connectivity index (χ2n) is 8.25. The lowest BCUT2D eigenvalue weighted by Gasteiger charge is -2.32. The van der Waals surface area contributed by atoms with Crippen molar-refractivity contribution in [3.63, 3.8) is 0 Å². The molecule has 2 aliphatic heterocycles. The molecule has 0 saturated carbocycles. The summed E-state index contributed by atoms with van der Waals surface area (Å²) in [6.45, 7) is 11.2. The number of carbonyl (C=O) groups is 1. The van der Waals surface area contributed by atoms with Crippen LogP contribution in [0, 0.1) is 0 Å². The summed E-state index contributed by atoms with van der Waals surface area (Å²) < 4.78 is 0. The number of para-hydroxylation sites is 1. The average Bonchev–Trinajstić information content (AvgIpc) is 2.96. The number of anilines is 1. The quantitative estimate of drug-likeness (QED) is 0.762. The fourth-order valence-electron chi connectivity index (χ4n) is 3.53. The molecule has 1 spiro atoms. The molecule has 1 fully saturated rings. The Bertz CT molecular complexity index is 694. The highest BCUT2D eigenvalue weighted by molar-refractivity contribution is 6.04. The van der Waals surface area contributed by atoms with Crippen LogP contribution in [-0.2, 0) is 6.54 Å². The summed E-state index contributed by atoms with van der Waals surface area (Å²) in [5, 5.41) is 10.3. The van der Waals surface area contributed by atoms with Crippen LogP contribution in [0.5, 0.6) is 0 Å².